The fourth-order valence-electron chi connectivity index (χ4n) is 1.72. The minimum atomic E-state index is -0.445. The zero-order valence-electron chi connectivity index (χ0n) is 11.0. The number of benzene rings is 1. The first kappa shape index (κ1) is 14.3. The molecule has 1 aromatic carbocycles. The summed E-state index contributed by atoms with van der Waals surface area (Å²) in [5.74, 6) is 0.0557. The lowest BCUT2D eigenvalue weighted by molar-refractivity contribution is 0.102. The molecule has 0 saturated carbocycles. The SMILES string of the molecule is COc1cccc(C(=O)Nc2ncc(Br)cc2C)c1O. The van der Waals surface area contributed by atoms with Crippen molar-refractivity contribution in [3.05, 3.63) is 46.1 Å². The number of nitrogens with zero attached hydrogens (tertiary/aromatic N) is 1. The van der Waals surface area contributed by atoms with Crippen LogP contribution in [0.3, 0.4) is 0 Å². The summed E-state index contributed by atoms with van der Waals surface area (Å²) in [5.41, 5.74) is 0.948. The van der Waals surface area contributed by atoms with E-state index in [2.05, 4.69) is 26.2 Å². The van der Waals surface area contributed by atoms with Crippen LogP contribution in [0.4, 0.5) is 5.82 Å². The monoisotopic (exact) mass is 336 g/mol. The topological polar surface area (TPSA) is 71.5 Å². The van der Waals surface area contributed by atoms with E-state index in [-0.39, 0.29) is 17.1 Å². The molecule has 0 bridgehead atoms. The molecule has 0 saturated heterocycles. The Balaban J connectivity index is 2.28. The quantitative estimate of drug-likeness (QED) is 0.903. The molecular formula is C14H13BrN2O3. The molecule has 2 N–H and O–H groups in total. The third-order valence-corrected chi connectivity index (χ3v) is 3.17. The number of aryl methyl sites for hydroxylation is 1. The molecule has 1 aromatic heterocycles. The fourth-order valence-corrected chi connectivity index (χ4v) is 2.16. The number of phenolic OH excluding ortho intramolecular Hbond substituents is 1. The maximum absolute atomic E-state index is 12.2. The van der Waals surface area contributed by atoms with E-state index in [9.17, 15) is 9.90 Å². The molecule has 1 amide bonds. The van der Waals surface area contributed by atoms with Gasteiger partial charge >= 0.3 is 0 Å². The zero-order valence-corrected chi connectivity index (χ0v) is 12.6. The second-order valence-corrected chi connectivity index (χ2v) is 5.05. The molecule has 0 fully saturated rings. The van der Waals surface area contributed by atoms with Crippen LogP contribution in [0.25, 0.3) is 0 Å². The van der Waals surface area contributed by atoms with Crippen LogP contribution in [-0.4, -0.2) is 23.1 Å². The number of methoxy groups -OCH3 is 1. The van der Waals surface area contributed by atoms with E-state index in [0.717, 1.165) is 10.0 Å². The van der Waals surface area contributed by atoms with Crippen LogP contribution in [-0.2, 0) is 0 Å². The number of aromatic nitrogens is 1. The number of hydrogen-bond acceptors (Lipinski definition) is 4. The molecule has 6 heteroatoms. The van der Waals surface area contributed by atoms with Crippen molar-refractivity contribution in [2.24, 2.45) is 0 Å². The molecule has 0 aliphatic carbocycles. The fraction of sp³-hybridized carbons (Fsp3) is 0.143. The van der Waals surface area contributed by atoms with Crippen molar-refractivity contribution in [1.82, 2.24) is 4.98 Å². The number of phenols is 1. The first-order valence-corrected chi connectivity index (χ1v) is 6.61. The largest absolute Gasteiger partial charge is 0.504 e. The molecule has 1 heterocycles. The van der Waals surface area contributed by atoms with E-state index >= 15 is 0 Å². The van der Waals surface area contributed by atoms with Crippen LogP contribution in [0, 0.1) is 6.92 Å². The molecule has 0 unspecified atom stereocenters. The number of ether oxygens (including phenoxy) is 1. The van der Waals surface area contributed by atoms with Gasteiger partial charge in [0.2, 0.25) is 0 Å². The number of amides is 1. The summed E-state index contributed by atoms with van der Waals surface area (Å²) in [4.78, 5) is 16.3. The van der Waals surface area contributed by atoms with Gasteiger partial charge in [-0.25, -0.2) is 4.98 Å². The van der Waals surface area contributed by atoms with Gasteiger partial charge in [0.25, 0.3) is 5.91 Å². The molecule has 0 aliphatic heterocycles. The Kier molecular flexibility index (Phi) is 4.24. The third kappa shape index (κ3) is 2.91. The van der Waals surface area contributed by atoms with Gasteiger partial charge in [-0.15, -0.1) is 0 Å². The lowest BCUT2D eigenvalue weighted by Crippen LogP contribution is -2.14. The third-order valence-electron chi connectivity index (χ3n) is 2.74. The predicted octanol–water partition coefficient (Wildman–Crippen LogP) is 3.12. The maximum atomic E-state index is 12.2. The molecule has 0 aliphatic rings. The summed E-state index contributed by atoms with van der Waals surface area (Å²) in [6.45, 7) is 1.83. The second-order valence-electron chi connectivity index (χ2n) is 4.13. The molecule has 5 nitrogen and oxygen atoms in total. The van der Waals surface area contributed by atoms with E-state index in [1.165, 1.54) is 13.2 Å². The summed E-state index contributed by atoms with van der Waals surface area (Å²) in [7, 11) is 1.43. The van der Waals surface area contributed by atoms with Crippen molar-refractivity contribution < 1.29 is 14.6 Å². The number of nitrogens with one attached hydrogen (secondary N) is 1. The van der Waals surface area contributed by atoms with Gasteiger partial charge in [0.05, 0.1) is 12.7 Å². The summed E-state index contributed by atoms with van der Waals surface area (Å²) in [5, 5.41) is 12.6. The summed E-state index contributed by atoms with van der Waals surface area (Å²) >= 11 is 3.31. The van der Waals surface area contributed by atoms with E-state index in [1.807, 2.05) is 13.0 Å². The van der Waals surface area contributed by atoms with E-state index in [1.54, 1.807) is 18.3 Å². The average Bonchev–Trinajstić information content (AvgIpc) is 2.42. The van der Waals surface area contributed by atoms with Crippen molar-refractivity contribution >= 4 is 27.7 Å². The molecule has 0 spiro atoms. The van der Waals surface area contributed by atoms with Gasteiger partial charge in [-0.2, -0.15) is 0 Å². The highest BCUT2D eigenvalue weighted by molar-refractivity contribution is 9.10. The van der Waals surface area contributed by atoms with Crippen molar-refractivity contribution in [2.45, 2.75) is 6.92 Å². The van der Waals surface area contributed by atoms with Crippen molar-refractivity contribution in [3.63, 3.8) is 0 Å². The highest BCUT2D eigenvalue weighted by Gasteiger charge is 2.16. The minimum absolute atomic E-state index is 0.133. The highest BCUT2D eigenvalue weighted by atomic mass is 79.9. The number of pyridine rings is 1. The lowest BCUT2D eigenvalue weighted by atomic mass is 10.1. The molecule has 0 atom stereocenters. The number of para-hydroxylation sites is 1. The Hall–Kier alpha value is -2.08. The smallest absolute Gasteiger partial charge is 0.260 e. The van der Waals surface area contributed by atoms with Gasteiger partial charge in [0.15, 0.2) is 11.5 Å². The number of rotatable bonds is 3. The first-order valence-electron chi connectivity index (χ1n) is 5.82. The zero-order chi connectivity index (χ0) is 14.7. The number of carbonyl (C=O) groups excluding carboxylic acids is 1. The summed E-state index contributed by atoms with van der Waals surface area (Å²) in [6, 6.07) is 6.57. The number of anilines is 1. The highest BCUT2D eigenvalue weighted by Crippen LogP contribution is 2.30. The van der Waals surface area contributed by atoms with Gasteiger partial charge in [-0.3, -0.25) is 4.79 Å². The maximum Gasteiger partial charge on any atom is 0.260 e. The molecule has 20 heavy (non-hydrogen) atoms. The van der Waals surface area contributed by atoms with Gasteiger partial charge in [0, 0.05) is 10.7 Å². The number of hydrogen-bond donors (Lipinski definition) is 2. The van der Waals surface area contributed by atoms with E-state index in [0.29, 0.717) is 5.82 Å². The number of aromatic hydroxyl groups is 1. The normalized spacial score (nSPS) is 10.2. The van der Waals surface area contributed by atoms with Gasteiger partial charge < -0.3 is 15.2 Å². The van der Waals surface area contributed by atoms with Crippen LogP contribution in [0.2, 0.25) is 0 Å². The average molecular weight is 337 g/mol. The van der Waals surface area contributed by atoms with Crippen LogP contribution < -0.4 is 10.1 Å². The minimum Gasteiger partial charge on any atom is -0.504 e. The van der Waals surface area contributed by atoms with Crippen molar-refractivity contribution in [1.29, 1.82) is 0 Å². The molecular weight excluding hydrogens is 324 g/mol. The standard InChI is InChI=1S/C14H13BrN2O3/c1-8-6-9(15)7-16-13(8)17-14(19)10-4-3-5-11(20-2)12(10)18/h3-7,18H,1-2H3,(H,16,17,19). The molecule has 2 rings (SSSR count). The van der Waals surface area contributed by atoms with Crippen LogP contribution >= 0.6 is 15.9 Å². The van der Waals surface area contributed by atoms with Crippen LogP contribution in [0.1, 0.15) is 15.9 Å². The van der Waals surface area contributed by atoms with Crippen LogP contribution in [0.5, 0.6) is 11.5 Å². The summed E-state index contributed by atoms with van der Waals surface area (Å²) < 4.78 is 5.80. The number of carbonyl (C=O) groups is 1. The Bertz CT molecular complexity index is 659. The second kappa shape index (κ2) is 5.92. The van der Waals surface area contributed by atoms with Crippen molar-refractivity contribution in [2.75, 3.05) is 12.4 Å². The molecule has 104 valence electrons. The Morgan fingerprint density at radius 1 is 1.45 bits per heavy atom. The van der Waals surface area contributed by atoms with Crippen molar-refractivity contribution in [3.8, 4) is 11.5 Å². The molecule has 2 aromatic rings. The lowest BCUT2D eigenvalue weighted by Gasteiger charge is -2.10. The Morgan fingerprint density at radius 2 is 2.20 bits per heavy atom. The van der Waals surface area contributed by atoms with Gasteiger partial charge in [0.1, 0.15) is 5.82 Å². The van der Waals surface area contributed by atoms with Gasteiger partial charge in [-0.1, -0.05) is 6.07 Å². The Morgan fingerprint density at radius 3 is 2.85 bits per heavy atom. The van der Waals surface area contributed by atoms with Gasteiger partial charge in [-0.05, 0) is 46.6 Å². The van der Waals surface area contributed by atoms with E-state index < -0.39 is 5.91 Å². The number of halogens is 1. The van der Waals surface area contributed by atoms with E-state index in [4.69, 9.17) is 4.74 Å². The van der Waals surface area contributed by atoms with Crippen LogP contribution in [0.15, 0.2) is 34.9 Å². The Labute approximate surface area is 124 Å². The predicted molar refractivity (Wildman–Crippen MR) is 79.3 cm³/mol. The first-order chi connectivity index (χ1) is 9.52. The summed E-state index contributed by atoms with van der Waals surface area (Å²) in [6.07, 6.45) is 1.59. The molecule has 0 radical (unpaired) electrons.